The quantitative estimate of drug-likeness (QED) is 0.851. The molecular formula is C15H22N2O2. The minimum absolute atomic E-state index is 0.444. The van der Waals surface area contributed by atoms with Crippen LogP contribution in [0.15, 0.2) is 30.3 Å². The largest absolute Gasteiger partial charge is 0.480 e. The number of carboxylic acid groups (broad SMARTS) is 1. The van der Waals surface area contributed by atoms with E-state index in [2.05, 4.69) is 17.3 Å². The zero-order valence-electron chi connectivity index (χ0n) is 11.4. The lowest BCUT2D eigenvalue weighted by Gasteiger charge is -2.33. The second kappa shape index (κ2) is 6.68. The normalized spacial score (nSPS) is 22.1. The maximum Gasteiger partial charge on any atom is 0.325 e. The Morgan fingerprint density at radius 3 is 2.79 bits per heavy atom. The van der Waals surface area contributed by atoms with Gasteiger partial charge >= 0.3 is 5.97 Å². The maximum absolute atomic E-state index is 11.4. The van der Waals surface area contributed by atoms with Gasteiger partial charge in [0.25, 0.3) is 0 Å². The van der Waals surface area contributed by atoms with Gasteiger partial charge in [-0.2, -0.15) is 0 Å². The van der Waals surface area contributed by atoms with Gasteiger partial charge in [-0.05, 0) is 32.0 Å². The fourth-order valence-corrected chi connectivity index (χ4v) is 2.65. The lowest BCUT2D eigenvalue weighted by molar-refractivity contribution is -0.139. The molecule has 0 aliphatic carbocycles. The van der Waals surface area contributed by atoms with E-state index in [0.717, 1.165) is 25.1 Å². The number of likely N-dealkylation sites (tertiary alicyclic amines) is 1. The summed E-state index contributed by atoms with van der Waals surface area (Å²) in [6.45, 7) is 1.83. The molecule has 2 atom stereocenters. The Hall–Kier alpha value is -1.39. The van der Waals surface area contributed by atoms with Crippen LogP contribution in [0.2, 0.25) is 0 Å². The zero-order chi connectivity index (χ0) is 13.7. The molecule has 2 unspecified atom stereocenters. The summed E-state index contributed by atoms with van der Waals surface area (Å²) in [6, 6.07) is 9.19. The van der Waals surface area contributed by atoms with Crippen LogP contribution in [0.3, 0.4) is 0 Å². The number of piperidine rings is 1. The van der Waals surface area contributed by atoms with Crippen LogP contribution in [-0.2, 0) is 4.79 Å². The highest BCUT2D eigenvalue weighted by Crippen LogP contribution is 2.17. The number of nitrogens with zero attached hydrogens (tertiary/aromatic N) is 1. The molecule has 0 spiro atoms. The van der Waals surface area contributed by atoms with E-state index in [9.17, 15) is 9.90 Å². The number of likely N-dealkylation sites (N-methyl/N-ethyl adjacent to an activating group) is 1. The van der Waals surface area contributed by atoms with Gasteiger partial charge in [-0.1, -0.05) is 36.8 Å². The first-order valence-electron chi connectivity index (χ1n) is 6.90. The molecule has 1 heterocycles. The van der Waals surface area contributed by atoms with Crippen LogP contribution in [0.25, 0.3) is 0 Å². The average Bonchev–Trinajstić information content (AvgIpc) is 2.42. The average molecular weight is 262 g/mol. The van der Waals surface area contributed by atoms with Crippen LogP contribution >= 0.6 is 0 Å². The summed E-state index contributed by atoms with van der Waals surface area (Å²) in [7, 11) is 2.11. The van der Waals surface area contributed by atoms with Crippen molar-refractivity contribution < 1.29 is 9.90 Å². The highest BCUT2D eigenvalue weighted by Gasteiger charge is 2.23. The third kappa shape index (κ3) is 3.78. The van der Waals surface area contributed by atoms with Crippen LogP contribution in [0, 0.1) is 0 Å². The summed E-state index contributed by atoms with van der Waals surface area (Å²) in [5, 5.41) is 12.5. The molecule has 1 aromatic carbocycles. The second-order valence-corrected chi connectivity index (χ2v) is 5.22. The minimum Gasteiger partial charge on any atom is -0.480 e. The summed E-state index contributed by atoms with van der Waals surface area (Å²) in [6.07, 6.45) is 3.62. The predicted molar refractivity (Wildman–Crippen MR) is 75.1 cm³/mol. The third-order valence-electron chi connectivity index (χ3n) is 3.86. The molecule has 0 saturated carbocycles. The molecule has 19 heavy (non-hydrogen) atoms. The van der Waals surface area contributed by atoms with Gasteiger partial charge in [0.15, 0.2) is 0 Å². The van der Waals surface area contributed by atoms with Gasteiger partial charge < -0.3 is 10.0 Å². The molecule has 1 aliphatic heterocycles. The molecule has 0 aromatic heterocycles. The van der Waals surface area contributed by atoms with Gasteiger partial charge in [-0.15, -0.1) is 0 Å². The summed E-state index contributed by atoms with van der Waals surface area (Å²) in [4.78, 5) is 13.7. The van der Waals surface area contributed by atoms with Gasteiger partial charge in [0.05, 0.1) is 0 Å². The van der Waals surface area contributed by atoms with E-state index in [4.69, 9.17) is 0 Å². The van der Waals surface area contributed by atoms with Gasteiger partial charge in [-0.25, -0.2) is 0 Å². The lowest BCUT2D eigenvalue weighted by Crippen LogP contribution is -2.45. The van der Waals surface area contributed by atoms with Crippen LogP contribution in [0.1, 0.15) is 30.9 Å². The smallest absolute Gasteiger partial charge is 0.325 e. The second-order valence-electron chi connectivity index (χ2n) is 5.22. The number of benzene rings is 1. The van der Waals surface area contributed by atoms with Crippen molar-refractivity contribution in [2.45, 2.75) is 31.3 Å². The standard InChI is InChI=1S/C15H22N2O2/c1-17-10-6-5-9-13(17)11-16-14(15(18)19)12-7-3-2-4-8-12/h2-4,7-8,13-14,16H,5-6,9-11H2,1H3,(H,18,19). The van der Waals surface area contributed by atoms with Crippen LogP contribution in [-0.4, -0.2) is 42.2 Å². The topological polar surface area (TPSA) is 52.6 Å². The van der Waals surface area contributed by atoms with Crippen LogP contribution in [0.4, 0.5) is 0 Å². The van der Waals surface area contributed by atoms with Crippen molar-refractivity contribution in [3.8, 4) is 0 Å². The first-order chi connectivity index (χ1) is 9.18. The summed E-state index contributed by atoms with van der Waals surface area (Å²) < 4.78 is 0. The highest BCUT2D eigenvalue weighted by atomic mass is 16.4. The number of aliphatic carboxylic acids is 1. The molecule has 1 fully saturated rings. The zero-order valence-corrected chi connectivity index (χ0v) is 11.4. The number of carbonyl (C=O) groups is 1. The molecule has 2 N–H and O–H groups in total. The number of carboxylic acids is 1. The molecule has 1 aromatic rings. The fourth-order valence-electron chi connectivity index (χ4n) is 2.65. The van der Waals surface area contributed by atoms with E-state index in [-0.39, 0.29) is 0 Å². The highest BCUT2D eigenvalue weighted by molar-refractivity contribution is 5.75. The van der Waals surface area contributed by atoms with Crippen LogP contribution in [0.5, 0.6) is 0 Å². The first-order valence-corrected chi connectivity index (χ1v) is 6.90. The van der Waals surface area contributed by atoms with E-state index in [1.54, 1.807) is 0 Å². The predicted octanol–water partition coefficient (Wildman–Crippen LogP) is 1.89. The Bertz CT molecular complexity index is 408. The van der Waals surface area contributed by atoms with E-state index in [0.29, 0.717) is 6.04 Å². The van der Waals surface area contributed by atoms with Gasteiger partial charge in [0.2, 0.25) is 0 Å². The van der Waals surface area contributed by atoms with E-state index in [1.165, 1.54) is 12.8 Å². The third-order valence-corrected chi connectivity index (χ3v) is 3.86. The molecule has 104 valence electrons. The Morgan fingerprint density at radius 1 is 1.42 bits per heavy atom. The van der Waals surface area contributed by atoms with Crippen molar-refractivity contribution in [2.75, 3.05) is 20.1 Å². The molecule has 0 amide bonds. The molecular weight excluding hydrogens is 240 g/mol. The molecule has 0 radical (unpaired) electrons. The van der Waals surface area contributed by atoms with E-state index < -0.39 is 12.0 Å². The SMILES string of the molecule is CN1CCCCC1CNC(C(=O)O)c1ccccc1. The summed E-state index contributed by atoms with van der Waals surface area (Å²) >= 11 is 0. The van der Waals surface area contributed by atoms with Gasteiger partial charge in [-0.3, -0.25) is 10.1 Å². The lowest BCUT2D eigenvalue weighted by atomic mass is 10.0. The van der Waals surface area contributed by atoms with E-state index >= 15 is 0 Å². The van der Waals surface area contributed by atoms with Crippen molar-refractivity contribution in [1.82, 2.24) is 10.2 Å². The maximum atomic E-state index is 11.4. The molecule has 1 aliphatic rings. The number of hydrogen-bond donors (Lipinski definition) is 2. The van der Waals surface area contributed by atoms with Crippen molar-refractivity contribution in [3.63, 3.8) is 0 Å². The molecule has 2 rings (SSSR count). The van der Waals surface area contributed by atoms with Crippen molar-refractivity contribution >= 4 is 5.97 Å². The molecule has 4 heteroatoms. The number of hydrogen-bond acceptors (Lipinski definition) is 3. The van der Waals surface area contributed by atoms with E-state index in [1.807, 2.05) is 30.3 Å². The van der Waals surface area contributed by atoms with Gasteiger partial charge in [0.1, 0.15) is 6.04 Å². The molecule has 4 nitrogen and oxygen atoms in total. The van der Waals surface area contributed by atoms with Gasteiger partial charge in [0, 0.05) is 12.6 Å². The minimum atomic E-state index is -0.815. The van der Waals surface area contributed by atoms with Crippen molar-refractivity contribution in [3.05, 3.63) is 35.9 Å². The Kier molecular flexibility index (Phi) is 4.93. The Balaban J connectivity index is 1.96. The summed E-state index contributed by atoms with van der Waals surface area (Å²) in [5.74, 6) is -0.815. The fraction of sp³-hybridized carbons (Fsp3) is 0.533. The Labute approximate surface area is 114 Å². The summed E-state index contributed by atoms with van der Waals surface area (Å²) in [5.41, 5.74) is 0.813. The van der Waals surface area contributed by atoms with Crippen molar-refractivity contribution in [2.24, 2.45) is 0 Å². The monoisotopic (exact) mass is 262 g/mol. The first kappa shape index (κ1) is 14.0. The number of rotatable bonds is 5. The molecule has 1 saturated heterocycles. The Morgan fingerprint density at radius 2 is 2.16 bits per heavy atom. The van der Waals surface area contributed by atoms with Crippen LogP contribution < -0.4 is 5.32 Å². The molecule has 0 bridgehead atoms. The van der Waals surface area contributed by atoms with Crippen molar-refractivity contribution in [1.29, 1.82) is 0 Å². The number of nitrogens with one attached hydrogen (secondary N) is 1.